The van der Waals surface area contributed by atoms with Crippen LogP contribution in [-0.2, 0) is 4.79 Å². The fourth-order valence-electron chi connectivity index (χ4n) is 1.07. The predicted molar refractivity (Wildman–Crippen MR) is 67.6 cm³/mol. The summed E-state index contributed by atoms with van der Waals surface area (Å²) >= 11 is 9.26. The number of rotatable bonds is 3. The fraction of sp³-hybridized carbons (Fsp3) is 0.364. The van der Waals surface area contributed by atoms with Crippen molar-refractivity contribution in [3.63, 3.8) is 0 Å². The van der Waals surface area contributed by atoms with Crippen molar-refractivity contribution < 1.29 is 4.79 Å². The molecular weight excluding hydrogens is 277 g/mol. The number of benzene rings is 1. The van der Waals surface area contributed by atoms with E-state index in [1.165, 1.54) is 0 Å². The van der Waals surface area contributed by atoms with Gasteiger partial charge in [-0.15, -0.1) is 0 Å². The minimum absolute atomic E-state index is 0.0712. The first-order valence-electron chi connectivity index (χ1n) is 4.72. The van der Waals surface area contributed by atoms with Gasteiger partial charge in [0.15, 0.2) is 0 Å². The van der Waals surface area contributed by atoms with Gasteiger partial charge in [-0.05, 0) is 18.1 Å². The smallest absolute Gasteiger partial charge is 0.238 e. The topological polar surface area (TPSA) is 29.1 Å². The number of hydrogen-bond donors (Lipinski definition) is 1. The maximum Gasteiger partial charge on any atom is 0.238 e. The number of amides is 1. The predicted octanol–water partition coefficient (Wildman–Crippen LogP) is 3.70. The Morgan fingerprint density at radius 2 is 2.00 bits per heavy atom. The number of alkyl halides is 1. The van der Waals surface area contributed by atoms with Crippen LogP contribution < -0.4 is 5.32 Å². The van der Waals surface area contributed by atoms with E-state index in [0.29, 0.717) is 10.7 Å². The van der Waals surface area contributed by atoms with Gasteiger partial charge >= 0.3 is 0 Å². The van der Waals surface area contributed by atoms with Crippen molar-refractivity contribution in [2.24, 2.45) is 5.92 Å². The molecule has 1 N–H and O–H groups in total. The molecule has 1 amide bonds. The highest BCUT2D eigenvalue weighted by atomic mass is 79.9. The number of anilines is 1. The van der Waals surface area contributed by atoms with Crippen molar-refractivity contribution in [2.45, 2.75) is 18.7 Å². The fourth-order valence-corrected chi connectivity index (χ4v) is 1.36. The highest BCUT2D eigenvalue weighted by molar-refractivity contribution is 9.10. The summed E-state index contributed by atoms with van der Waals surface area (Å²) in [6.45, 7) is 3.96. The molecule has 1 aromatic rings. The highest BCUT2D eigenvalue weighted by Gasteiger charge is 2.18. The largest absolute Gasteiger partial charge is 0.324 e. The molecule has 1 atom stereocenters. The molecule has 0 spiro atoms. The third kappa shape index (κ3) is 3.50. The molecule has 0 aromatic heterocycles. The molecular formula is C11H13BrClNO. The molecule has 0 heterocycles. The zero-order valence-electron chi connectivity index (χ0n) is 8.63. The van der Waals surface area contributed by atoms with Crippen LogP contribution in [0, 0.1) is 5.92 Å². The minimum atomic E-state index is -0.200. The van der Waals surface area contributed by atoms with Gasteiger partial charge in [-0.25, -0.2) is 0 Å². The number of hydrogen-bond acceptors (Lipinski definition) is 1. The van der Waals surface area contributed by atoms with Gasteiger partial charge < -0.3 is 5.32 Å². The molecule has 0 fully saturated rings. The number of para-hydroxylation sites is 1. The Kier molecular flexibility index (Phi) is 4.61. The van der Waals surface area contributed by atoms with Crippen LogP contribution in [0.5, 0.6) is 0 Å². The van der Waals surface area contributed by atoms with E-state index in [-0.39, 0.29) is 16.7 Å². The number of carbonyl (C=O) groups excluding carboxylic acids is 1. The Balaban J connectivity index is 2.71. The Morgan fingerprint density at radius 1 is 1.40 bits per heavy atom. The molecule has 2 nitrogen and oxygen atoms in total. The minimum Gasteiger partial charge on any atom is -0.324 e. The summed E-state index contributed by atoms with van der Waals surface area (Å²) in [7, 11) is 0. The van der Waals surface area contributed by atoms with Crippen molar-refractivity contribution in [1.82, 2.24) is 0 Å². The zero-order chi connectivity index (χ0) is 11.4. The van der Waals surface area contributed by atoms with Crippen LogP contribution in [0.4, 0.5) is 5.69 Å². The summed E-state index contributed by atoms with van der Waals surface area (Å²) < 4.78 is 0. The van der Waals surface area contributed by atoms with E-state index in [1.807, 2.05) is 26.0 Å². The summed E-state index contributed by atoms with van der Waals surface area (Å²) in [4.78, 5) is 11.5. The normalized spacial score (nSPS) is 12.6. The van der Waals surface area contributed by atoms with Gasteiger partial charge in [0.05, 0.1) is 15.5 Å². The second-order valence-corrected chi connectivity index (χ2v) is 5.01. The molecule has 0 aliphatic rings. The van der Waals surface area contributed by atoms with Crippen LogP contribution in [0.25, 0.3) is 0 Å². The first-order valence-corrected chi connectivity index (χ1v) is 6.01. The summed E-state index contributed by atoms with van der Waals surface area (Å²) in [6, 6.07) is 7.18. The average molecular weight is 291 g/mol. The molecule has 1 rings (SSSR count). The Morgan fingerprint density at radius 3 is 2.53 bits per heavy atom. The third-order valence-electron chi connectivity index (χ3n) is 1.97. The molecule has 82 valence electrons. The maximum absolute atomic E-state index is 11.7. The lowest BCUT2D eigenvalue weighted by Gasteiger charge is -2.14. The summed E-state index contributed by atoms with van der Waals surface area (Å²) in [6.07, 6.45) is 0. The number of carbonyl (C=O) groups is 1. The molecule has 0 unspecified atom stereocenters. The van der Waals surface area contributed by atoms with Crippen LogP contribution in [0.2, 0.25) is 5.02 Å². The van der Waals surface area contributed by atoms with Crippen LogP contribution in [0.1, 0.15) is 13.8 Å². The lowest BCUT2D eigenvalue weighted by molar-refractivity contribution is -0.116. The van der Waals surface area contributed by atoms with Gasteiger partial charge in [-0.2, -0.15) is 0 Å². The standard InChI is InChI=1S/C11H13BrClNO/c1-7(2)10(12)11(15)14-9-6-4-3-5-8(9)13/h3-7,10H,1-2H3,(H,14,15)/t10-/m1/s1. The van der Waals surface area contributed by atoms with Crippen LogP contribution in [0.3, 0.4) is 0 Å². The van der Waals surface area contributed by atoms with Crippen LogP contribution in [0.15, 0.2) is 24.3 Å². The van der Waals surface area contributed by atoms with E-state index in [2.05, 4.69) is 21.2 Å². The van der Waals surface area contributed by atoms with Crippen molar-refractivity contribution in [3.8, 4) is 0 Å². The van der Waals surface area contributed by atoms with E-state index in [4.69, 9.17) is 11.6 Å². The zero-order valence-corrected chi connectivity index (χ0v) is 11.0. The molecule has 0 saturated carbocycles. The Hall–Kier alpha value is -0.540. The van der Waals surface area contributed by atoms with Gasteiger partial charge in [-0.3, -0.25) is 4.79 Å². The maximum atomic E-state index is 11.7. The van der Waals surface area contributed by atoms with Crippen molar-refractivity contribution >= 4 is 39.1 Å². The summed E-state index contributed by atoms with van der Waals surface area (Å²) in [5, 5.41) is 3.32. The van der Waals surface area contributed by atoms with Gasteiger partial charge in [0.25, 0.3) is 0 Å². The first kappa shape index (κ1) is 12.5. The number of nitrogens with one attached hydrogen (secondary N) is 1. The third-order valence-corrected chi connectivity index (χ3v) is 3.77. The van der Waals surface area contributed by atoms with E-state index in [1.54, 1.807) is 12.1 Å². The molecule has 0 aliphatic heterocycles. The summed E-state index contributed by atoms with van der Waals surface area (Å²) in [5.74, 6) is 0.172. The molecule has 15 heavy (non-hydrogen) atoms. The van der Waals surface area contributed by atoms with Gasteiger partial charge in [-0.1, -0.05) is 53.5 Å². The van der Waals surface area contributed by atoms with Gasteiger partial charge in [0.1, 0.15) is 0 Å². The van der Waals surface area contributed by atoms with Crippen molar-refractivity contribution in [2.75, 3.05) is 5.32 Å². The first-order chi connectivity index (χ1) is 7.02. The Bertz CT molecular complexity index is 354. The van der Waals surface area contributed by atoms with Gasteiger partial charge in [0.2, 0.25) is 5.91 Å². The lowest BCUT2D eigenvalue weighted by Crippen LogP contribution is -2.27. The quantitative estimate of drug-likeness (QED) is 0.845. The second-order valence-electron chi connectivity index (χ2n) is 3.61. The monoisotopic (exact) mass is 289 g/mol. The molecule has 0 saturated heterocycles. The molecule has 0 aliphatic carbocycles. The summed E-state index contributed by atoms with van der Waals surface area (Å²) in [5.41, 5.74) is 0.647. The molecule has 0 bridgehead atoms. The lowest BCUT2D eigenvalue weighted by atomic mass is 10.1. The Labute approximate surface area is 103 Å². The SMILES string of the molecule is CC(C)[C@@H](Br)C(=O)Nc1ccccc1Cl. The highest BCUT2D eigenvalue weighted by Crippen LogP contribution is 2.22. The van der Waals surface area contributed by atoms with Crippen LogP contribution >= 0.6 is 27.5 Å². The van der Waals surface area contributed by atoms with Gasteiger partial charge in [0, 0.05) is 0 Å². The van der Waals surface area contributed by atoms with Crippen LogP contribution in [-0.4, -0.2) is 10.7 Å². The molecule has 1 aromatic carbocycles. The number of halogens is 2. The van der Waals surface area contributed by atoms with E-state index >= 15 is 0 Å². The molecule has 4 heteroatoms. The van der Waals surface area contributed by atoms with Crippen molar-refractivity contribution in [1.29, 1.82) is 0 Å². The molecule has 0 radical (unpaired) electrons. The second kappa shape index (κ2) is 5.52. The van der Waals surface area contributed by atoms with E-state index in [0.717, 1.165) is 0 Å². The van der Waals surface area contributed by atoms with Crippen molar-refractivity contribution in [3.05, 3.63) is 29.3 Å². The average Bonchev–Trinajstić information content (AvgIpc) is 2.20. The van der Waals surface area contributed by atoms with E-state index < -0.39 is 0 Å². The van der Waals surface area contributed by atoms with E-state index in [9.17, 15) is 4.79 Å².